The van der Waals surface area contributed by atoms with Gasteiger partial charge in [0.05, 0.1) is 0 Å². The minimum absolute atomic E-state index is 0.202. The zero-order chi connectivity index (χ0) is 37.9. The molecule has 2 aliphatic rings. The Morgan fingerprint density at radius 3 is 1.24 bits per heavy atom. The number of nitrogens with zero attached hydrogens (tertiary/aromatic N) is 1. The van der Waals surface area contributed by atoms with Crippen molar-refractivity contribution in [3.63, 3.8) is 0 Å². The fourth-order valence-corrected chi connectivity index (χ4v) is 5.39. The number of nitrogens with one attached hydrogen (secondary N) is 1. The van der Waals surface area contributed by atoms with Crippen LogP contribution in [0, 0.1) is 0 Å². The molecule has 0 aromatic heterocycles. The summed E-state index contributed by atoms with van der Waals surface area (Å²) in [4.78, 5) is 100. The van der Waals surface area contributed by atoms with E-state index in [2.05, 4.69) is 26.3 Å². The van der Waals surface area contributed by atoms with Crippen molar-refractivity contribution in [3.05, 3.63) is 0 Å². The van der Waals surface area contributed by atoms with Crippen LogP contribution in [0.25, 0.3) is 0 Å². The van der Waals surface area contributed by atoms with Crippen LogP contribution < -0.4 is 5.32 Å². The van der Waals surface area contributed by atoms with Gasteiger partial charge in [0, 0.05) is 0 Å². The number of esters is 8. The zero-order valence-corrected chi connectivity index (χ0v) is 30.1. The number of hydrogen-bond donors (Lipinski definition) is 1. The number of ether oxygens (including phenoxy) is 10. The molecule has 2 fully saturated rings. The van der Waals surface area contributed by atoms with E-state index in [0.717, 1.165) is 55.4 Å². The van der Waals surface area contributed by atoms with E-state index in [1.165, 1.54) is 0 Å². The summed E-state index contributed by atoms with van der Waals surface area (Å²) in [6.07, 6.45) is -14.6. The first-order valence-electron chi connectivity index (χ1n) is 14.9. The second-order valence-corrected chi connectivity index (χ2v) is 11.6. The second-order valence-electron chi connectivity index (χ2n) is 10.8. The van der Waals surface area contributed by atoms with Crippen LogP contribution in [0.1, 0.15) is 55.4 Å². The third-order valence-corrected chi connectivity index (χ3v) is 6.94. The summed E-state index contributed by atoms with van der Waals surface area (Å²) < 4.78 is 54.2. The van der Waals surface area contributed by atoms with Gasteiger partial charge in [-0.3, -0.25) is 0 Å². The van der Waals surface area contributed by atoms with E-state index in [1.54, 1.807) is 0 Å². The molecule has 0 saturated carbocycles. The van der Waals surface area contributed by atoms with Crippen LogP contribution in [-0.4, -0.2) is 143 Å². The summed E-state index contributed by atoms with van der Waals surface area (Å²) in [6, 6.07) is 0. The number of aliphatic imine (C=N–C) groups is 1. The maximum atomic E-state index is 12.2. The number of hydrogen-bond acceptors (Lipinski definition) is 19. The van der Waals surface area contributed by atoms with Gasteiger partial charge in [-0.15, -0.1) is 0 Å². The number of rotatable bonds is 12. The van der Waals surface area contributed by atoms with Crippen LogP contribution in [0.2, 0.25) is 0 Å². The standard InChI is InChI=1S/C29H39N2O18Se/c1-11(32)40-9-19-21(42-13(3)34)23(44-15(5)36)25(46-17(7)38)27(48-19)30-29(50)31-28-26(47-18(8)39)24(45-16(6)37)22(43-14(4)35)20(49-28)10-41-12(2)33/h19-28H,9-10H2,1-8H3,(H,30,31)/t19-,20-,21-,22-,23+,24+,25-,26-,27-,28-/m1/s1. The normalized spacial score (nSPS) is 29.2. The van der Waals surface area contributed by atoms with E-state index in [1.807, 2.05) is 0 Å². The van der Waals surface area contributed by atoms with Crippen molar-refractivity contribution in [2.75, 3.05) is 13.2 Å². The first-order chi connectivity index (χ1) is 23.3. The molecule has 21 heteroatoms. The Kier molecular flexibility index (Phi) is 16.0. The average molecular weight is 783 g/mol. The van der Waals surface area contributed by atoms with Crippen molar-refractivity contribution in [1.29, 1.82) is 0 Å². The number of amidine groups is 1. The van der Waals surface area contributed by atoms with Crippen molar-refractivity contribution >= 4 is 68.5 Å². The Hall–Kier alpha value is -4.33. The first-order valence-corrected chi connectivity index (χ1v) is 15.8. The Morgan fingerprint density at radius 2 is 0.840 bits per heavy atom. The number of carbonyl (C=O) groups is 8. The van der Waals surface area contributed by atoms with E-state index in [9.17, 15) is 38.4 Å². The Morgan fingerprint density at radius 1 is 0.500 bits per heavy atom. The molecule has 10 atom stereocenters. The molecule has 1 radical (unpaired) electrons. The first kappa shape index (κ1) is 41.8. The van der Waals surface area contributed by atoms with Crippen LogP contribution in [0.15, 0.2) is 4.99 Å². The summed E-state index contributed by atoms with van der Waals surface area (Å²) in [5.74, 6) is -6.56. The van der Waals surface area contributed by atoms with E-state index in [0.29, 0.717) is 0 Å². The molecule has 0 spiro atoms. The van der Waals surface area contributed by atoms with Crippen LogP contribution in [0.5, 0.6) is 0 Å². The summed E-state index contributed by atoms with van der Waals surface area (Å²) in [5.41, 5.74) is 0. The van der Waals surface area contributed by atoms with Crippen LogP contribution >= 0.6 is 0 Å². The Labute approximate surface area is 294 Å². The molecule has 279 valence electrons. The molecule has 2 heterocycles. The van der Waals surface area contributed by atoms with Gasteiger partial charge in [0.25, 0.3) is 0 Å². The molecule has 0 aliphatic carbocycles. The Balaban J connectivity index is 2.63. The van der Waals surface area contributed by atoms with E-state index >= 15 is 0 Å². The summed E-state index contributed by atoms with van der Waals surface area (Å²) in [7, 11) is 0. The fourth-order valence-electron chi connectivity index (χ4n) is 4.93. The van der Waals surface area contributed by atoms with Gasteiger partial charge in [0.1, 0.15) is 0 Å². The van der Waals surface area contributed by atoms with Crippen LogP contribution in [-0.2, 0) is 85.7 Å². The molecule has 0 aromatic carbocycles. The van der Waals surface area contributed by atoms with Gasteiger partial charge in [-0.25, -0.2) is 0 Å². The van der Waals surface area contributed by atoms with Gasteiger partial charge in [0.15, 0.2) is 0 Å². The summed E-state index contributed by atoms with van der Waals surface area (Å²) in [6.45, 7) is 7.55. The molecule has 20 nitrogen and oxygen atoms in total. The average Bonchev–Trinajstić information content (AvgIpc) is 2.95. The molecule has 0 amide bonds. The van der Waals surface area contributed by atoms with Crippen molar-refractivity contribution in [3.8, 4) is 0 Å². The van der Waals surface area contributed by atoms with Crippen molar-refractivity contribution in [1.82, 2.24) is 5.32 Å². The van der Waals surface area contributed by atoms with E-state index < -0.39 is 122 Å². The third-order valence-electron chi connectivity index (χ3n) is 6.47. The van der Waals surface area contributed by atoms with Gasteiger partial charge in [0.2, 0.25) is 0 Å². The van der Waals surface area contributed by atoms with Gasteiger partial charge in [-0.2, -0.15) is 0 Å². The second kappa shape index (κ2) is 19.2. The Bertz CT molecular complexity index is 1340. The molecular formula is C29H39N2O18Se. The molecule has 2 aliphatic heterocycles. The third kappa shape index (κ3) is 13.2. The predicted molar refractivity (Wildman–Crippen MR) is 160 cm³/mol. The van der Waals surface area contributed by atoms with Gasteiger partial charge in [-0.1, -0.05) is 0 Å². The maximum absolute atomic E-state index is 12.2. The van der Waals surface area contributed by atoms with Gasteiger partial charge < -0.3 is 0 Å². The molecule has 2 saturated heterocycles. The molecule has 50 heavy (non-hydrogen) atoms. The zero-order valence-electron chi connectivity index (χ0n) is 28.4. The summed E-state index contributed by atoms with van der Waals surface area (Å²) in [5, 5.41) is 2.78. The van der Waals surface area contributed by atoms with Crippen molar-refractivity contribution in [2.24, 2.45) is 4.99 Å². The molecule has 2 rings (SSSR count). The molecule has 0 aromatic rings. The van der Waals surface area contributed by atoms with Crippen molar-refractivity contribution < 1.29 is 85.7 Å². The van der Waals surface area contributed by atoms with Crippen LogP contribution in [0.4, 0.5) is 0 Å². The SMILES string of the molecule is CC(=O)OC[C@H]1O[C@@H](/N=C(\[Se])N[C@@H]2O[C@H](COC(C)=O)[C@@H](OC(C)=O)[C@H](OC(C)=O)[C@H]2OC(C)=O)[C@H](OC(C)=O)[C@@H](OC(C)=O)[C@@H]1OC(C)=O. The van der Waals surface area contributed by atoms with Gasteiger partial charge >= 0.3 is 294 Å². The van der Waals surface area contributed by atoms with E-state index in [-0.39, 0.29) is 4.73 Å². The predicted octanol–water partition coefficient (Wildman–Crippen LogP) is -1.73. The summed E-state index contributed by atoms with van der Waals surface area (Å²) >= 11 is 2.59. The number of carbonyl (C=O) groups excluding carboxylic acids is 8. The molecule has 0 unspecified atom stereocenters. The minimum atomic E-state index is -1.56. The monoisotopic (exact) mass is 783 g/mol. The molecule has 0 bridgehead atoms. The van der Waals surface area contributed by atoms with Crippen molar-refractivity contribution in [2.45, 2.75) is 117 Å². The van der Waals surface area contributed by atoms with Gasteiger partial charge in [-0.05, 0) is 0 Å². The molecule has 1 N–H and O–H groups in total. The van der Waals surface area contributed by atoms with Crippen LogP contribution in [0.3, 0.4) is 0 Å². The van der Waals surface area contributed by atoms with E-state index in [4.69, 9.17) is 47.4 Å². The molecular weight excluding hydrogens is 743 g/mol. The quantitative estimate of drug-likeness (QED) is 0.0759. The topological polar surface area (TPSA) is 253 Å². The fraction of sp³-hybridized carbons (Fsp3) is 0.690.